The van der Waals surface area contributed by atoms with Crippen molar-refractivity contribution < 1.29 is 0 Å². The summed E-state index contributed by atoms with van der Waals surface area (Å²) in [4.78, 5) is 3.41. The molecule has 1 nitrogen and oxygen atoms in total. The molecule has 1 aromatic heterocycles. The number of rotatable bonds is 0. The molecule has 3 heteroatoms. The van der Waals surface area contributed by atoms with Crippen LogP contribution in [0.2, 0.25) is 10.0 Å². The standard InChI is InChI=1S/C14H11Cl2N/c1-7-8(2)14-11(13(16)12(7)15)9-5-3-4-6-10(9)17-14/h3-6,17H,1-2H3. The minimum atomic E-state index is 0.641. The smallest absolute Gasteiger partial charge is 0.0695 e. The van der Waals surface area contributed by atoms with Crippen LogP contribution in [0.25, 0.3) is 21.8 Å². The fourth-order valence-electron chi connectivity index (χ4n) is 2.28. The van der Waals surface area contributed by atoms with Crippen LogP contribution in [0.1, 0.15) is 11.1 Å². The van der Waals surface area contributed by atoms with Crippen molar-refractivity contribution in [1.82, 2.24) is 4.98 Å². The van der Waals surface area contributed by atoms with Crippen molar-refractivity contribution in [2.24, 2.45) is 0 Å². The number of benzene rings is 2. The number of aromatic amines is 1. The topological polar surface area (TPSA) is 15.8 Å². The molecule has 0 saturated carbocycles. The summed E-state index contributed by atoms with van der Waals surface area (Å²) in [5, 5.41) is 3.44. The Bertz CT molecular complexity index is 741. The third-order valence-electron chi connectivity index (χ3n) is 3.39. The minimum Gasteiger partial charge on any atom is -0.354 e. The van der Waals surface area contributed by atoms with E-state index in [0.717, 1.165) is 32.9 Å². The van der Waals surface area contributed by atoms with E-state index in [1.807, 2.05) is 25.1 Å². The molecule has 2 aromatic carbocycles. The maximum absolute atomic E-state index is 6.37. The molecule has 86 valence electrons. The molecule has 0 aliphatic heterocycles. The Balaban J connectivity index is 2.67. The lowest BCUT2D eigenvalue weighted by atomic mass is 10.0. The van der Waals surface area contributed by atoms with Gasteiger partial charge in [0, 0.05) is 16.3 Å². The zero-order valence-electron chi connectivity index (χ0n) is 9.57. The number of aryl methyl sites for hydroxylation is 1. The predicted octanol–water partition coefficient (Wildman–Crippen LogP) is 5.24. The second-order valence-electron chi connectivity index (χ2n) is 4.30. The van der Waals surface area contributed by atoms with E-state index in [9.17, 15) is 0 Å². The molecule has 0 bridgehead atoms. The van der Waals surface area contributed by atoms with E-state index in [1.165, 1.54) is 0 Å². The first-order chi connectivity index (χ1) is 8.11. The number of para-hydroxylation sites is 1. The summed E-state index contributed by atoms with van der Waals surface area (Å²) in [6, 6.07) is 8.13. The normalized spacial score (nSPS) is 11.5. The van der Waals surface area contributed by atoms with Crippen LogP contribution in [0.15, 0.2) is 24.3 Å². The first-order valence-corrected chi connectivity index (χ1v) is 6.21. The SMILES string of the molecule is Cc1c(Cl)c(Cl)c2c([nH]c3ccccc32)c1C. The Morgan fingerprint density at radius 1 is 0.941 bits per heavy atom. The lowest BCUT2D eigenvalue weighted by Gasteiger charge is -2.07. The van der Waals surface area contributed by atoms with Gasteiger partial charge in [-0.2, -0.15) is 0 Å². The van der Waals surface area contributed by atoms with E-state index in [2.05, 4.69) is 18.0 Å². The highest BCUT2D eigenvalue weighted by Gasteiger charge is 2.15. The van der Waals surface area contributed by atoms with E-state index in [-0.39, 0.29) is 0 Å². The second-order valence-corrected chi connectivity index (χ2v) is 5.05. The maximum Gasteiger partial charge on any atom is 0.0695 e. The molecule has 0 fully saturated rings. The summed E-state index contributed by atoms with van der Waals surface area (Å²) < 4.78 is 0. The summed E-state index contributed by atoms with van der Waals surface area (Å²) >= 11 is 12.6. The number of aromatic nitrogens is 1. The van der Waals surface area contributed by atoms with E-state index < -0.39 is 0 Å². The van der Waals surface area contributed by atoms with E-state index >= 15 is 0 Å². The third kappa shape index (κ3) is 1.39. The van der Waals surface area contributed by atoms with Gasteiger partial charge in [0.25, 0.3) is 0 Å². The maximum atomic E-state index is 6.37. The van der Waals surface area contributed by atoms with Crippen molar-refractivity contribution in [3.8, 4) is 0 Å². The molecule has 0 aliphatic carbocycles. The fourth-order valence-corrected chi connectivity index (χ4v) is 2.85. The van der Waals surface area contributed by atoms with Crippen molar-refractivity contribution in [2.75, 3.05) is 0 Å². The van der Waals surface area contributed by atoms with E-state index in [1.54, 1.807) is 0 Å². The van der Waals surface area contributed by atoms with Gasteiger partial charge in [-0.25, -0.2) is 0 Å². The third-order valence-corrected chi connectivity index (χ3v) is 4.33. The molecule has 0 amide bonds. The molecule has 0 radical (unpaired) electrons. The van der Waals surface area contributed by atoms with Crippen LogP contribution in [-0.4, -0.2) is 4.98 Å². The average molecular weight is 264 g/mol. The van der Waals surface area contributed by atoms with Crippen molar-refractivity contribution in [1.29, 1.82) is 0 Å². The Kier molecular flexibility index (Phi) is 2.35. The first kappa shape index (κ1) is 10.9. The van der Waals surface area contributed by atoms with Crippen LogP contribution in [0, 0.1) is 13.8 Å². The first-order valence-electron chi connectivity index (χ1n) is 5.46. The molecule has 0 aliphatic rings. The van der Waals surface area contributed by atoms with Gasteiger partial charge in [0.2, 0.25) is 0 Å². The fraction of sp³-hybridized carbons (Fsp3) is 0.143. The van der Waals surface area contributed by atoms with Gasteiger partial charge in [0.15, 0.2) is 0 Å². The number of H-pyrrole nitrogens is 1. The highest BCUT2D eigenvalue weighted by molar-refractivity contribution is 6.47. The highest BCUT2D eigenvalue weighted by Crippen LogP contribution is 2.40. The molecular formula is C14H11Cl2N. The molecule has 0 saturated heterocycles. The second kappa shape index (κ2) is 3.66. The van der Waals surface area contributed by atoms with Gasteiger partial charge in [0.05, 0.1) is 15.6 Å². The van der Waals surface area contributed by atoms with E-state index in [0.29, 0.717) is 10.0 Å². The predicted molar refractivity (Wildman–Crippen MR) is 75.3 cm³/mol. The molecule has 3 aromatic rings. The number of nitrogens with one attached hydrogen (secondary N) is 1. The molecule has 1 heterocycles. The minimum absolute atomic E-state index is 0.641. The average Bonchev–Trinajstić information content (AvgIpc) is 2.73. The highest BCUT2D eigenvalue weighted by atomic mass is 35.5. The quantitative estimate of drug-likeness (QED) is 0.571. The molecule has 3 rings (SSSR count). The Hall–Kier alpha value is -1.18. The van der Waals surface area contributed by atoms with E-state index in [4.69, 9.17) is 23.2 Å². The van der Waals surface area contributed by atoms with Crippen molar-refractivity contribution in [3.05, 3.63) is 45.4 Å². The van der Waals surface area contributed by atoms with Crippen LogP contribution in [0.5, 0.6) is 0 Å². The number of halogens is 2. The van der Waals surface area contributed by atoms with Gasteiger partial charge >= 0.3 is 0 Å². The summed E-state index contributed by atoms with van der Waals surface area (Å²) in [6.45, 7) is 4.06. The zero-order valence-corrected chi connectivity index (χ0v) is 11.1. The molecular weight excluding hydrogens is 253 g/mol. The Labute approximate surface area is 109 Å². The largest absolute Gasteiger partial charge is 0.354 e. The van der Waals surface area contributed by atoms with Gasteiger partial charge in [-0.05, 0) is 31.0 Å². The summed E-state index contributed by atoms with van der Waals surface area (Å²) in [5.74, 6) is 0. The van der Waals surface area contributed by atoms with Crippen LogP contribution < -0.4 is 0 Å². The molecule has 0 spiro atoms. The van der Waals surface area contributed by atoms with Crippen LogP contribution >= 0.6 is 23.2 Å². The van der Waals surface area contributed by atoms with Crippen molar-refractivity contribution in [2.45, 2.75) is 13.8 Å². The van der Waals surface area contributed by atoms with Gasteiger partial charge < -0.3 is 4.98 Å². The lowest BCUT2D eigenvalue weighted by Crippen LogP contribution is -1.86. The molecule has 17 heavy (non-hydrogen) atoms. The van der Waals surface area contributed by atoms with Gasteiger partial charge in [-0.3, -0.25) is 0 Å². The monoisotopic (exact) mass is 263 g/mol. The molecule has 1 N–H and O–H groups in total. The Morgan fingerprint density at radius 2 is 1.65 bits per heavy atom. The summed E-state index contributed by atoms with van der Waals surface area (Å²) in [6.07, 6.45) is 0. The van der Waals surface area contributed by atoms with Crippen LogP contribution in [0.4, 0.5) is 0 Å². The molecule has 0 unspecified atom stereocenters. The lowest BCUT2D eigenvalue weighted by molar-refractivity contribution is 1.35. The van der Waals surface area contributed by atoms with Crippen molar-refractivity contribution >= 4 is 45.0 Å². The van der Waals surface area contributed by atoms with Crippen molar-refractivity contribution in [3.63, 3.8) is 0 Å². The summed E-state index contributed by atoms with van der Waals surface area (Å²) in [7, 11) is 0. The van der Waals surface area contributed by atoms with Gasteiger partial charge in [0.1, 0.15) is 0 Å². The van der Waals surface area contributed by atoms with Gasteiger partial charge in [-0.1, -0.05) is 41.4 Å². The van der Waals surface area contributed by atoms with Crippen LogP contribution in [0.3, 0.4) is 0 Å². The number of hydrogen-bond donors (Lipinski definition) is 1. The van der Waals surface area contributed by atoms with Gasteiger partial charge in [-0.15, -0.1) is 0 Å². The van der Waals surface area contributed by atoms with Crippen LogP contribution in [-0.2, 0) is 0 Å². The molecule has 0 atom stereocenters. The Morgan fingerprint density at radius 3 is 2.41 bits per heavy atom. The number of hydrogen-bond acceptors (Lipinski definition) is 0. The summed E-state index contributed by atoms with van der Waals surface area (Å²) in [5.41, 5.74) is 4.37. The number of fused-ring (bicyclic) bond motifs is 3. The zero-order chi connectivity index (χ0) is 12.2.